The molecule has 1 saturated heterocycles. The highest BCUT2D eigenvalue weighted by atomic mass is 32.2. The Balaban J connectivity index is 1.48. The highest BCUT2D eigenvalue weighted by Crippen LogP contribution is 2.22. The monoisotopic (exact) mass is 404 g/mol. The molecule has 1 aromatic heterocycles. The maximum Gasteiger partial charge on any atom is 0.315 e. The fourth-order valence-electron chi connectivity index (χ4n) is 3.10. The summed E-state index contributed by atoms with van der Waals surface area (Å²) in [5.74, 6) is 0.251. The molecule has 0 aliphatic carbocycles. The van der Waals surface area contributed by atoms with Gasteiger partial charge in [0.15, 0.2) is 10.9 Å². The molecule has 3 rings (SSSR count). The van der Waals surface area contributed by atoms with Gasteiger partial charge in [0, 0.05) is 18.6 Å². The van der Waals surface area contributed by atoms with E-state index in [1.54, 1.807) is 6.92 Å². The van der Waals surface area contributed by atoms with E-state index >= 15 is 0 Å². The predicted octanol–water partition coefficient (Wildman–Crippen LogP) is 2.40. The average Bonchev–Trinajstić information content (AvgIpc) is 3.26. The van der Waals surface area contributed by atoms with Gasteiger partial charge in [0.2, 0.25) is 0 Å². The number of carbonyl (C=O) groups excluding carboxylic acids is 3. The Labute approximate surface area is 167 Å². The van der Waals surface area contributed by atoms with E-state index in [1.165, 1.54) is 11.8 Å². The zero-order chi connectivity index (χ0) is 19.9. The number of amides is 2. The van der Waals surface area contributed by atoms with Crippen molar-refractivity contribution in [3.05, 3.63) is 24.3 Å². The molecule has 0 spiro atoms. The van der Waals surface area contributed by atoms with Crippen molar-refractivity contribution in [1.82, 2.24) is 20.6 Å². The third-order valence-electron chi connectivity index (χ3n) is 4.48. The van der Waals surface area contributed by atoms with E-state index in [1.807, 2.05) is 24.3 Å². The Morgan fingerprint density at radius 2 is 1.96 bits per heavy atom. The van der Waals surface area contributed by atoms with Crippen LogP contribution in [0.3, 0.4) is 0 Å². The molecule has 150 valence electrons. The van der Waals surface area contributed by atoms with Crippen LogP contribution in [0.2, 0.25) is 0 Å². The number of fused-ring (bicyclic) bond motifs is 1. The van der Waals surface area contributed by atoms with Gasteiger partial charge in [-0.1, -0.05) is 23.9 Å². The number of rotatable bonds is 10. The van der Waals surface area contributed by atoms with Crippen LogP contribution in [0.1, 0.15) is 32.6 Å². The molecular formula is C19H24N4O4S. The molecule has 1 aliphatic heterocycles. The van der Waals surface area contributed by atoms with E-state index in [9.17, 15) is 14.4 Å². The van der Waals surface area contributed by atoms with Crippen molar-refractivity contribution >= 4 is 40.6 Å². The highest BCUT2D eigenvalue weighted by Gasteiger charge is 2.36. The van der Waals surface area contributed by atoms with Crippen molar-refractivity contribution in [3.63, 3.8) is 0 Å². The summed E-state index contributed by atoms with van der Waals surface area (Å²) in [7, 11) is 0. The van der Waals surface area contributed by atoms with Crippen molar-refractivity contribution in [2.24, 2.45) is 0 Å². The lowest BCUT2D eigenvalue weighted by atomic mass is 10.0. The molecule has 2 unspecified atom stereocenters. The van der Waals surface area contributed by atoms with Crippen LogP contribution in [0.5, 0.6) is 0 Å². The summed E-state index contributed by atoms with van der Waals surface area (Å²) in [6.07, 6.45) is 1.81. The number of unbranched alkanes of at least 4 members (excludes halogenated alkanes) is 1. The molecule has 1 aromatic carbocycles. The third-order valence-corrected chi connectivity index (χ3v) is 5.47. The van der Waals surface area contributed by atoms with E-state index in [4.69, 9.17) is 4.74 Å². The fraction of sp³-hybridized carbons (Fsp3) is 0.474. The summed E-state index contributed by atoms with van der Waals surface area (Å²) in [5.41, 5.74) is 1.83. The quantitative estimate of drug-likeness (QED) is 0.318. The van der Waals surface area contributed by atoms with Crippen LogP contribution in [-0.2, 0) is 14.3 Å². The topological polar surface area (TPSA) is 113 Å². The van der Waals surface area contributed by atoms with Gasteiger partial charge < -0.3 is 20.4 Å². The molecule has 0 bridgehead atoms. The van der Waals surface area contributed by atoms with Gasteiger partial charge in [-0.25, -0.2) is 9.78 Å². The molecule has 0 saturated carbocycles. The number of esters is 1. The van der Waals surface area contributed by atoms with Crippen molar-refractivity contribution < 1.29 is 19.1 Å². The number of benzene rings is 1. The van der Waals surface area contributed by atoms with Crippen LogP contribution >= 0.6 is 11.8 Å². The van der Waals surface area contributed by atoms with Crippen LogP contribution in [0.25, 0.3) is 11.0 Å². The second-order valence-corrected chi connectivity index (χ2v) is 7.56. The Bertz CT molecular complexity index is 820. The lowest BCUT2D eigenvalue weighted by molar-refractivity contribution is -0.143. The molecule has 2 heterocycles. The number of Topliss-reactive ketones (excluding diaryl/α,β-unsaturated/α-hetero) is 1. The number of aromatic nitrogens is 2. The van der Waals surface area contributed by atoms with Crippen molar-refractivity contribution in [3.8, 4) is 0 Å². The number of nitrogens with zero attached hydrogens (tertiary/aromatic N) is 1. The van der Waals surface area contributed by atoms with Gasteiger partial charge in [-0.3, -0.25) is 9.59 Å². The van der Waals surface area contributed by atoms with E-state index < -0.39 is 6.04 Å². The average molecular weight is 404 g/mol. The maximum absolute atomic E-state index is 12.5. The summed E-state index contributed by atoms with van der Waals surface area (Å²) in [4.78, 5) is 43.3. The van der Waals surface area contributed by atoms with Crippen LogP contribution in [-0.4, -0.2) is 52.2 Å². The van der Waals surface area contributed by atoms with Crippen molar-refractivity contribution in [2.75, 3.05) is 12.4 Å². The summed E-state index contributed by atoms with van der Waals surface area (Å²) < 4.78 is 4.87. The van der Waals surface area contributed by atoms with Crippen LogP contribution in [0, 0.1) is 0 Å². The number of aromatic amines is 1. The molecule has 0 radical (unpaired) electrons. The lowest BCUT2D eigenvalue weighted by Gasteiger charge is -2.16. The molecule has 9 heteroatoms. The standard InChI is InChI=1S/C19H24N4O4S/c1-2-27-16(25)10-6-5-9-15(24)17-14(20-18(26)23-17)11-28-19-21-12-7-3-4-8-13(12)22-19/h3-4,7-8,14,17H,2,5-6,9-11H2,1H3,(H,21,22)(H2,20,23,26). The lowest BCUT2D eigenvalue weighted by Crippen LogP contribution is -2.42. The van der Waals surface area contributed by atoms with Gasteiger partial charge in [-0.15, -0.1) is 0 Å². The second kappa shape index (κ2) is 9.59. The number of para-hydroxylation sites is 2. The molecule has 28 heavy (non-hydrogen) atoms. The Morgan fingerprint density at radius 1 is 1.18 bits per heavy atom. The fourth-order valence-corrected chi connectivity index (χ4v) is 4.06. The van der Waals surface area contributed by atoms with E-state index in [-0.39, 0.29) is 23.8 Å². The summed E-state index contributed by atoms with van der Waals surface area (Å²) in [6.45, 7) is 2.13. The summed E-state index contributed by atoms with van der Waals surface area (Å²) in [6, 6.07) is 6.54. The summed E-state index contributed by atoms with van der Waals surface area (Å²) in [5, 5.41) is 6.26. The number of hydrogen-bond donors (Lipinski definition) is 3. The minimum Gasteiger partial charge on any atom is -0.466 e. The van der Waals surface area contributed by atoms with E-state index in [0.717, 1.165) is 16.2 Å². The zero-order valence-electron chi connectivity index (χ0n) is 15.7. The van der Waals surface area contributed by atoms with Gasteiger partial charge in [0.1, 0.15) is 6.04 Å². The van der Waals surface area contributed by atoms with Crippen LogP contribution in [0.4, 0.5) is 4.79 Å². The number of ketones is 1. The molecule has 1 aliphatic rings. The number of thioether (sulfide) groups is 1. The van der Waals surface area contributed by atoms with Crippen molar-refractivity contribution in [2.45, 2.75) is 49.8 Å². The van der Waals surface area contributed by atoms with Gasteiger partial charge in [0.05, 0.1) is 23.7 Å². The number of nitrogens with one attached hydrogen (secondary N) is 3. The van der Waals surface area contributed by atoms with E-state index in [0.29, 0.717) is 38.0 Å². The predicted molar refractivity (Wildman–Crippen MR) is 106 cm³/mol. The minimum absolute atomic E-state index is 0.0302. The zero-order valence-corrected chi connectivity index (χ0v) is 16.5. The number of urea groups is 1. The van der Waals surface area contributed by atoms with E-state index in [2.05, 4.69) is 20.6 Å². The first kappa shape index (κ1) is 20.2. The first-order valence-corrected chi connectivity index (χ1v) is 10.4. The first-order chi connectivity index (χ1) is 13.6. The Morgan fingerprint density at radius 3 is 2.75 bits per heavy atom. The number of H-pyrrole nitrogens is 1. The Kier molecular flexibility index (Phi) is 6.91. The van der Waals surface area contributed by atoms with Gasteiger partial charge in [-0.05, 0) is 31.9 Å². The molecule has 8 nitrogen and oxygen atoms in total. The highest BCUT2D eigenvalue weighted by molar-refractivity contribution is 7.99. The molecular weight excluding hydrogens is 380 g/mol. The SMILES string of the molecule is CCOC(=O)CCCCC(=O)C1NC(=O)NC1CSc1nc2ccccc2[nH]1. The van der Waals surface area contributed by atoms with Crippen LogP contribution in [0.15, 0.2) is 29.4 Å². The molecule has 2 amide bonds. The van der Waals surface area contributed by atoms with Gasteiger partial charge in [0.25, 0.3) is 0 Å². The number of imidazole rings is 1. The third kappa shape index (κ3) is 5.25. The van der Waals surface area contributed by atoms with Crippen molar-refractivity contribution in [1.29, 1.82) is 0 Å². The number of ether oxygens (including phenoxy) is 1. The Hall–Kier alpha value is -2.55. The maximum atomic E-state index is 12.5. The second-order valence-electron chi connectivity index (χ2n) is 6.55. The first-order valence-electron chi connectivity index (χ1n) is 9.39. The van der Waals surface area contributed by atoms with Gasteiger partial charge in [-0.2, -0.15) is 0 Å². The molecule has 1 fully saturated rings. The summed E-state index contributed by atoms with van der Waals surface area (Å²) >= 11 is 1.47. The van der Waals surface area contributed by atoms with Gasteiger partial charge >= 0.3 is 12.0 Å². The molecule has 3 N–H and O–H groups in total. The molecule has 2 atom stereocenters. The number of hydrogen-bond acceptors (Lipinski definition) is 6. The number of carbonyl (C=O) groups is 3. The largest absolute Gasteiger partial charge is 0.466 e. The van der Waals surface area contributed by atoms with Crippen LogP contribution < -0.4 is 10.6 Å². The minimum atomic E-state index is -0.563. The smallest absolute Gasteiger partial charge is 0.315 e. The normalized spacial score (nSPS) is 18.7. The molecule has 2 aromatic rings.